The SMILES string of the molecule is CCCCCCCCCCCCN(C(=O)Oc1ccc(CSc2nnnn2CC(=O)OCC(C)C)cc1[N+](=O)[O-])c1cccc2c(O)c(C(=O)Nc3cc(Cl)ccc3OC)ccc12. The summed E-state index contributed by atoms with van der Waals surface area (Å²) in [5.74, 6) is -0.943. The van der Waals surface area contributed by atoms with E-state index in [0.29, 0.717) is 50.1 Å². The van der Waals surface area contributed by atoms with Crippen molar-refractivity contribution in [2.75, 3.05) is 30.5 Å². The number of amides is 2. The summed E-state index contributed by atoms with van der Waals surface area (Å²) < 4.78 is 17.7. The van der Waals surface area contributed by atoms with Gasteiger partial charge in [0.2, 0.25) is 10.9 Å². The number of unbranched alkanes of at least 4 members (excludes halogenated alkanes) is 9. The van der Waals surface area contributed by atoms with Crippen LogP contribution in [0.2, 0.25) is 5.02 Å². The molecule has 0 aliphatic heterocycles. The normalized spacial score (nSPS) is 11.1. The number of phenolic OH excluding ortho intramolecular Hbond substituents is 1. The number of phenols is 1. The largest absolute Gasteiger partial charge is 0.506 e. The minimum atomic E-state index is -0.860. The number of aromatic nitrogens is 4. The fourth-order valence-electron chi connectivity index (χ4n) is 6.78. The zero-order chi connectivity index (χ0) is 45.3. The molecule has 0 aliphatic rings. The van der Waals surface area contributed by atoms with E-state index in [0.717, 1.165) is 25.7 Å². The van der Waals surface area contributed by atoms with Crippen LogP contribution in [0.15, 0.2) is 71.9 Å². The van der Waals surface area contributed by atoms with Gasteiger partial charge in [-0.15, -0.1) is 5.10 Å². The van der Waals surface area contributed by atoms with Crippen LogP contribution in [0.3, 0.4) is 0 Å². The van der Waals surface area contributed by atoms with Gasteiger partial charge in [0.15, 0.2) is 0 Å². The third-order valence-electron chi connectivity index (χ3n) is 10.1. The minimum absolute atomic E-state index is 0.0278. The number of nitrogens with zero attached hydrogens (tertiary/aromatic N) is 6. The van der Waals surface area contributed by atoms with E-state index < -0.39 is 28.6 Å². The summed E-state index contributed by atoms with van der Waals surface area (Å²) in [5.41, 5.74) is 0.754. The van der Waals surface area contributed by atoms with Crippen LogP contribution in [0.25, 0.3) is 10.8 Å². The zero-order valence-corrected chi connectivity index (χ0v) is 37.6. The van der Waals surface area contributed by atoms with Gasteiger partial charge < -0.3 is 24.6 Å². The van der Waals surface area contributed by atoms with Crippen molar-refractivity contribution >= 4 is 69.2 Å². The number of tetrazole rings is 1. The van der Waals surface area contributed by atoms with Crippen molar-refractivity contribution < 1.29 is 38.6 Å². The van der Waals surface area contributed by atoms with Gasteiger partial charge in [-0.2, -0.15) is 0 Å². The number of nitro groups is 1. The number of thioether (sulfide) groups is 1. The maximum atomic E-state index is 14.2. The molecule has 0 unspecified atom stereocenters. The lowest BCUT2D eigenvalue weighted by atomic mass is 10.0. The Morgan fingerprint density at radius 3 is 2.35 bits per heavy atom. The first-order valence-electron chi connectivity index (χ1n) is 21.1. The molecule has 0 bridgehead atoms. The van der Waals surface area contributed by atoms with Crippen LogP contribution in [0.1, 0.15) is 101 Å². The summed E-state index contributed by atoms with van der Waals surface area (Å²) >= 11 is 7.33. The number of rotatable bonds is 24. The molecule has 0 fully saturated rings. The molecule has 5 aromatic rings. The molecule has 2 N–H and O–H groups in total. The van der Waals surface area contributed by atoms with Crippen molar-refractivity contribution in [1.82, 2.24) is 20.2 Å². The van der Waals surface area contributed by atoms with E-state index >= 15 is 0 Å². The molecule has 18 heteroatoms. The molecular formula is C45H54ClN7O9S. The highest BCUT2D eigenvalue weighted by atomic mass is 35.5. The fraction of sp³-hybridized carbons (Fsp3) is 0.422. The summed E-state index contributed by atoms with van der Waals surface area (Å²) in [6.07, 6.45) is 9.88. The molecule has 1 heterocycles. The topological polar surface area (TPSA) is 201 Å². The second-order valence-corrected chi connectivity index (χ2v) is 16.8. The number of methoxy groups -OCH3 is 1. The van der Waals surface area contributed by atoms with Crippen LogP contribution < -0.4 is 19.7 Å². The Bertz CT molecular complexity index is 2360. The Morgan fingerprint density at radius 1 is 0.937 bits per heavy atom. The predicted molar refractivity (Wildman–Crippen MR) is 243 cm³/mol. The molecule has 1 aromatic heterocycles. The van der Waals surface area contributed by atoms with Gasteiger partial charge >= 0.3 is 17.7 Å². The third-order valence-corrected chi connectivity index (χ3v) is 11.3. The third kappa shape index (κ3) is 13.8. The van der Waals surface area contributed by atoms with Crippen LogP contribution in [-0.4, -0.2) is 68.5 Å². The highest BCUT2D eigenvalue weighted by Gasteiger charge is 2.26. The number of nitrogens with one attached hydrogen (secondary N) is 1. The zero-order valence-electron chi connectivity index (χ0n) is 36.0. The van der Waals surface area contributed by atoms with E-state index in [1.807, 2.05) is 13.8 Å². The number of fused-ring (bicyclic) bond motifs is 1. The van der Waals surface area contributed by atoms with Crippen LogP contribution in [0.4, 0.5) is 21.9 Å². The standard InChI is InChI=1S/C45H54ClN7O9S/c1-5-6-7-8-9-10-11-12-13-14-24-51(37-17-15-16-34-33(37)20-21-35(42(34)55)43(56)47-36-26-32(46)19-23-39(36)60-4)45(57)62-40-22-18-31(25-38(40)53(58)59)29-63-44-48-49-50-52(44)27-41(54)61-28-30(2)3/h15-23,25-26,30,55H,5-14,24,27-29H2,1-4H3,(H,47,56). The first kappa shape index (κ1) is 48.1. The van der Waals surface area contributed by atoms with Crippen molar-refractivity contribution in [1.29, 1.82) is 0 Å². The number of anilines is 2. The van der Waals surface area contributed by atoms with Crippen molar-refractivity contribution in [2.45, 2.75) is 102 Å². The van der Waals surface area contributed by atoms with Crippen molar-refractivity contribution in [3.05, 3.63) is 93.0 Å². The summed E-state index contributed by atoms with van der Waals surface area (Å²) in [6.45, 7) is 6.33. The van der Waals surface area contributed by atoms with E-state index in [2.05, 4.69) is 27.8 Å². The summed E-state index contributed by atoms with van der Waals surface area (Å²) in [7, 11) is 1.46. The van der Waals surface area contributed by atoms with Gasteiger partial charge in [0, 0.05) is 34.2 Å². The van der Waals surface area contributed by atoms with Crippen LogP contribution in [0, 0.1) is 16.0 Å². The van der Waals surface area contributed by atoms with Gasteiger partial charge in [-0.3, -0.25) is 24.6 Å². The number of benzene rings is 4. The fourth-order valence-corrected chi connectivity index (χ4v) is 7.78. The van der Waals surface area contributed by atoms with Crippen molar-refractivity contribution in [3.8, 4) is 17.2 Å². The first-order chi connectivity index (χ1) is 30.4. The van der Waals surface area contributed by atoms with Gasteiger partial charge in [-0.1, -0.05) is 126 Å². The van der Waals surface area contributed by atoms with Gasteiger partial charge in [-0.25, -0.2) is 9.48 Å². The molecule has 0 saturated carbocycles. The smallest absolute Gasteiger partial charge is 0.420 e. The minimum Gasteiger partial charge on any atom is -0.506 e. The van der Waals surface area contributed by atoms with Crippen LogP contribution in [-0.2, 0) is 21.8 Å². The molecule has 5 rings (SSSR count). The lowest BCUT2D eigenvalue weighted by Crippen LogP contribution is -2.34. The number of aromatic hydroxyl groups is 1. The van der Waals surface area contributed by atoms with E-state index in [1.165, 1.54) is 84.8 Å². The number of halogens is 1. The number of hydrogen-bond donors (Lipinski definition) is 2. The summed E-state index contributed by atoms with van der Waals surface area (Å²) in [4.78, 5) is 53.1. The molecule has 0 saturated heterocycles. The Morgan fingerprint density at radius 2 is 1.65 bits per heavy atom. The number of carbonyl (C=O) groups excluding carboxylic acids is 3. The molecule has 0 atom stereocenters. The number of carbonyl (C=O) groups is 3. The van der Waals surface area contributed by atoms with E-state index in [-0.39, 0.29) is 48.4 Å². The average molecular weight is 904 g/mol. The number of ether oxygens (including phenoxy) is 3. The molecule has 0 radical (unpaired) electrons. The van der Waals surface area contributed by atoms with Crippen molar-refractivity contribution in [3.63, 3.8) is 0 Å². The lowest BCUT2D eigenvalue weighted by molar-refractivity contribution is -0.385. The monoisotopic (exact) mass is 903 g/mol. The highest BCUT2D eigenvalue weighted by molar-refractivity contribution is 7.98. The maximum absolute atomic E-state index is 14.2. The molecule has 16 nitrogen and oxygen atoms in total. The molecule has 0 spiro atoms. The van der Waals surface area contributed by atoms with Gasteiger partial charge in [0.25, 0.3) is 5.91 Å². The Hall–Kier alpha value is -5.94. The Kier molecular flexibility index (Phi) is 18.4. The molecule has 4 aromatic carbocycles. The quantitative estimate of drug-likeness (QED) is 0.0195. The van der Waals surface area contributed by atoms with Crippen LogP contribution in [0.5, 0.6) is 17.2 Å². The van der Waals surface area contributed by atoms with E-state index in [4.69, 9.17) is 25.8 Å². The molecular weight excluding hydrogens is 850 g/mol. The number of nitro benzene ring substituents is 1. The van der Waals surface area contributed by atoms with Gasteiger partial charge in [-0.05, 0) is 64.7 Å². The second-order valence-electron chi connectivity index (χ2n) is 15.4. The molecule has 336 valence electrons. The average Bonchev–Trinajstić information content (AvgIpc) is 3.70. The summed E-state index contributed by atoms with van der Waals surface area (Å²) in [5, 5.41) is 39.5. The molecule has 63 heavy (non-hydrogen) atoms. The Labute approximate surface area is 375 Å². The second kappa shape index (κ2) is 24.1. The molecule has 2 amide bonds. The lowest BCUT2D eigenvalue weighted by Gasteiger charge is -2.24. The first-order valence-corrected chi connectivity index (χ1v) is 22.5. The van der Waals surface area contributed by atoms with E-state index in [1.54, 1.807) is 42.5 Å². The highest BCUT2D eigenvalue weighted by Crippen LogP contribution is 2.38. The predicted octanol–water partition coefficient (Wildman–Crippen LogP) is 10.8. The van der Waals surface area contributed by atoms with Crippen molar-refractivity contribution in [2.24, 2.45) is 5.92 Å². The number of hydrogen-bond acceptors (Lipinski definition) is 13. The Balaban J connectivity index is 1.36. The number of esters is 1. The van der Waals surface area contributed by atoms with Gasteiger partial charge in [0.05, 0.1) is 35.6 Å². The van der Waals surface area contributed by atoms with E-state index in [9.17, 15) is 29.6 Å². The van der Waals surface area contributed by atoms with Gasteiger partial charge in [0.1, 0.15) is 18.0 Å². The maximum Gasteiger partial charge on any atom is 0.420 e. The summed E-state index contributed by atoms with van der Waals surface area (Å²) in [6, 6.07) is 17.1. The molecule has 0 aliphatic carbocycles. The van der Waals surface area contributed by atoms with Crippen LogP contribution >= 0.6 is 23.4 Å².